The van der Waals surface area contributed by atoms with Crippen LogP contribution >= 0.6 is 0 Å². The fourth-order valence-electron chi connectivity index (χ4n) is 2.40. The molecule has 0 aliphatic heterocycles. The van der Waals surface area contributed by atoms with Crippen LogP contribution in [0.3, 0.4) is 0 Å². The van der Waals surface area contributed by atoms with Gasteiger partial charge in [0.2, 0.25) is 0 Å². The largest absolute Gasteiger partial charge is 0.379 e. The van der Waals surface area contributed by atoms with Gasteiger partial charge in [-0.25, -0.2) is 0 Å². The molecule has 3 heteroatoms. The first-order valence-electron chi connectivity index (χ1n) is 6.93. The normalized spacial score (nSPS) is 21.2. The summed E-state index contributed by atoms with van der Waals surface area (Å²) in [6, 6.07) is 0. The van der Waals surface area contributed by atoms with E-state index in [1.54, 1.807) is 7.11 Å². The maximum atomic E-state index is 6.13. The van der Waals surface area contributed by atoms with Crippen molar-refractivity contribution in [3.05, 3.63) is 0 Å². The fourth-order valence-corrected chi connectivity index (χ4v) is 2.40. The van der Waals surface area contributed by atoms with Crippen LogP contribution < -0.4 is 5.73 Å². The second-order valence-electron chi connectivity index (χ2n) is 5.86. The van der Waals surface area contributed by atoms with Crippen LogP contribution in [-0.2, 0) is 9.47 Å². The van der Waals surface area contributed by atoms with Gasteiger partial charge in [0.05, 0.1) is 17.8 Å². The third kappa shape index (κ3) is 4.94. The molecule has 1 aliphatic rings. The molecule has 0 aromatic heterocycles. The van der Waals surface area contributed by atoms with E-state index in [1.807, 2.05) is 0 Å². The minimum atomic E-state index is -0.0967. The first-order valence-corrected chi connectivity index (χ1v) is 6.93. The van der Waals surface area contributed by atoms with Crippen LogP contribution in [0.5, 0.6) is 0 Å². The molecule has 0 unspecified atom stereocenters. The molecule has 0 spiro atoms. The van der Waals surface area contributed by atoms with Gasteiger partial charge in [0.1, 0.15) is 0 Å². The van der Waals surface area contributed by atoms with Crippen molar-refractivity contribution >= 4 is 0 Å². The zero-order chi connectivity index (χ0) is 12.8. The highest BCUT2D eigenvalue weighted by atomic mass is 16.5. The number of nitrogens with two attached hydrogens (primary N) is 1. The average molecular weight is 243 g/mol. The molecule has 102 valence electrons. The van der Waals surface area contributed by atoms with Crippen molar-refractivity contribution in [2.75, 3.05) is 20.3 Å². The van der Waals surface area contributed by atoms with Crippen molar-refractivity contribution in [2.45, 2.75) is 70.0 Å². The standard InChI is InChI=1S/C14H29NO2/c1-13(2,16-3)10-11-17-14(12-15)8-6-4-5-7-9-14/h4-12,15H2,1-3H3. The molecule has 0 atom stereocenters. The summed E-state index contributed by atoms with van der Waals surface area (Å²) in [5.41, 5.74) is 5.78. The van der Waals surface area contributed by atoms with Gasteiger partial charge in [0, 0.05) is 13.7 Å². The second-order valence-corrected chi connectivity index (χ2v) is 5.86. The van der Waals surface area contributed by atoms with E-state index < -0.39 is 0 Å². The Kier molecular flexibility index (Phi) is 5.90. The Labute approximate surface area is 106 Å². The monoisotopic (exact) mass is 243 g/mol. The molecule has 2 N–H and O–H groups in total. The summed E-state index contributed by atoms with van der Waals surface area (Å²) >= 11 is 0. The van der Waals surface area contributed by atoms with Crippen molar-refractivity contribution in [3.63, 3.8) is 0 Å². The molecule has 1 aliphatic carbocycles. The lowest BCUT2D eigenvalue weighted by atomic mass is 9.94. The molecule has 1 fully saturated rings. The number of ether oxygens (including phenoxy) is 2. The molecule has 0 heterocycles. The lowest BCUT2D eigenvalue weighted by Gasteiger charge is -2.33. The zero-order valence-corrected chi connectivity index (χ0v) is 11.8. The molecule has 0 aromatic carbocycles. The molecule has 0 bridgehead atoms. The van der Waals surface area contributed by atoms with Gasteiger partial charge in [-0.2, -0.15) is 0 Å². The topological polar surface area (TPSA) is 44.5 Å². The SMILES string of the molecule is COC(C)(C)CCOC1(CN)CCCCCC1. The Bertz CT molecular complexity index is 208. The summed E-state index contributed by atoms with van der Waals surface area (Å²) in [6.45, 7) is 5.59. The third-order valence-corrected chi connectivity index (χ3v) is 4.05. The molecule has 0 radical (unpaired) electrons. The quantitative estimate of drug-likeness (QED) is 0.730. The first-order chi connectivity index (χ1) is 8.04. The minimum Gasteiger partial charge on any atom is -0.379 e. The summed E-state index contributed by atoms with van der Waals surface area (Å²) in [4.78, 5) is 0. The van der Waals surface area contributed by atoms with Crippen LogP contribution in [0.2, 0.25) is 0 Å². The lowest BCUT2D eigenvalue weighted by Crippen LogP contribution is -2.41. The second kappa shape index (κ2) is 6.72. The Hall–Kier alpha value is -0.120. The molecule has 1 rings (SSSR count). The molecular weight excluding hydrogens is 214 g/mol. The maximum Gasteiger partial charge on any atom is 0.0804 e. The van der Waals surface area contributed by atoms with Crippen molar-refractivity contribution in [3.8, 4) is 0 Å². The molecule has 1 saturated carbocycles. The highest BCUT2D eigenvalue weighted by Gasteiger charge is 2.31. The van der Waals surface area contributed by atoms with Gasteiger partial charge in [-0.3, -0.25) is 0 Å². The molecular formula is C14H29NO2. The molecule has 3 nitrogen and oxygen atoms in total. The summed E-state index contributed by atoms with van der Waals surface area (Å²) in [5, 5.41) is 0. The van der Waals surface area contributed by atoms with Gasteiger partial charge in [0.15, 0.2) is 0 Å². The smallest absolute Gasteiger partial charge is 0.0804 e. The van der Waals surface area contributed by atoms with Gasteiger partial charge >= 0.3 is 0 Å². The summed E-state index contributed by atoms with van der Waals surface area (Å²) in [6.07, 6.45) is 8.33. The Morgan fingerprint density at radius 1 is 1.12 bits per heavy atom. The Balaban J connectivity index is 2.40. The third-order valence-electron chi connectivity index (χ3n) is 4.05. The molecule has 0 saturated heterocycles. The van der Waals surface area contributed by atoms with Crippen LogP contribution in [0.15, 0.2) is 0 Å². The van der Waals surface area contributed by atoms with Crippen LogP contribution in [0, 0.1) is 0 Å². The number of hydrogen-bond acceptors (Lipinski definition) is 3. The highest BCUT2D eigenvalue weighted by Crippen LogP contribution is 2.30. The number of methoxy groups -OCH3 is 1. The van der Waals surface area contributed by atoms with E-state index in [0.29, 0.717) is 6.54 Å². The van der Waals surface area contributed by atoms with Crippen LogP contribution in [0.25, 0.3) is 0 Å². The zero-order valence-electron chi connectivity index (χ0n) is 11.8. The lowest BCUT2D eigenvalue weighted by molar-refractivity contribution is -0.0775. The van der Waals surface area contributed by atoms with Crippen molar-refractivity contribution in [2.24, 2.45) is 5.73 Å². The van der Waals surface area contributed by atoms with Gasteiger partial charge in [-0.15, -0.1) is 0 Å². The maximum absolute atomic E-state index is 6.13. The van der Waals surface area contributed by atoms with Crippen molar-refractivity contribution in [1.29, 1.82) is 0 Å². The van der Waals surface area contributed by atoms with E-state index in [0.717, 1.165) is 25.9 Å². The predicted octanol–water partition coefficient (Wildman–Crippen LogP) is 2.87. The van der Waals surface area contributed by atoms with Gasteiger partial charge in [-0.05, 0) is 33.1 Å². The molecule has 0 aromatic rings. The summed E-state index contributed by atoms with van der Waals surface area (Å²) in [5.74, 6) is 0. The number of rotatable bonds is 6. The van der Waals surface area contributed by atoms with Crippen molar-refractivity contribution < 1.29 is 9.47 Å². The number of hydrogen-bond donors (Lipinski definition) is 1. The first kappa shape index (κ1) is 14.9. The summed E-state index contributed by atoms with van der Waals surface area (Å²) < 4.78 is 11.5. The van der Waals surface area contributed by atoms with Crippen LogP contribution in [0.4, 0.5) is 0 Å². The average Bonchev–Trinajstić information content (AvgIpc) is 2.55. The van der Waals surface area contributed by atoms with Gasteiger partial charge in [0.25, 0.3) is 0 Å². The van der Waals surface area contributed by atoms with E-state index in [-0.39, 0.29) is 11.2 Å². The van der Waals surface area contributed by atoms with E-state index in [1.165, 1.54) is 25.7 Å². The van der Waals surface area contributed by atoms with Gasteiger partial charge in [-0.1, -0.05) is 25.7 Å². The van der Waals surface area contributed by atoms with Crippen LogP contribution in [-0.4, -0.2) is 31.5 Å². The molecule has 17 heavy (non-hydrogen) atoms. The fraction of sp³-hybridized carbons (Fsp3) is 1.00. The van der Waals surface area contributed by atoms with Crippen LogP contribution in [0.1, 0.15) is 58.8 Å². The van der Waals surface area contributed by atoms with E-state index >= 15 is 0 Å². The van der Waals surface area contributed by atoms with E-state index in [2.05, 4.69) is 13.8 Å². The molecule has 0 amide bonds. The van der Waals surface area contributed by atoms with E-state index in [4.69, 9.17) is 15.2 Å². The minimum absolute atomic E-state index is 0.0552. The summed E-state index contributed by atoms with van der Waals surface area (Å²) in [7, 11) is 1.75. The highest BCUT2D eigenvalue weighted by molar-refractivity contribution is 4.84. The Morgan fingerprint density at radius 2 is 1.71 bits per heavy atom. The van der Waals surface area contributed by atoms with Crippen molar-refractivity contribution in [1.82, 2.24) is 0 Å². The van der Waals surface area contributed by atoms with E-state index in [9.17, 15) is 0 Å². The Morgan fingerprint density at radius 3 is 2.18 bits per heavy atom. The predicted molar refractivity (Wildman–Crippen MR) is 71.1 cm³/mol. The van der Waals surface area contributed by atoms with Gasteiger partial charge < -0.3 is 15.2 Å².